The molecule has 2 rings (SSSR count). The van der Waals surface area contributed by atoms with Gasteiger partial charge in [0.2, 0.25) is 0 Å². The summed E-state index contributed by atoms with van der Waals surface area (Å²) in [5.74, 6) is -0.448. The molecule has 3 N–H and O–H groups in total. The van der Waals surface area contributed by atoms with Crippen LogP contribution in [0.5, 0.6) is 5.75 Å². The Morgan fingerprint density at radius 1 is 1.63 bits per heavy atom. The SMILES string of the molecule is CC1C=NC(Sc2c[c-]ccc2[OH2+])=C(C(=O)O)C1.[U]. The molecule has 0 saturated carbocycles. The van der Waals surface area contributed by atoms with Crippen LogP contribution in [0.1, 0.15) is 13.3 Å². The molecule has 1 heterocycles. The van der Waals surface area contributed by atoms with E-state index in [0.29, 0.717) is 27.7 Å². The second-order valence-corrected chi connectivity index (χ2v) is 5.10. The van der Waals surface area contributed by atoms with E-state index < -0.39 is 5.97 Å². The third kappa shape index (κ3) is 4.13. The molecule has 0 aromatic heterocycles. The van der Waals surface area contributed by atoms with Gasteiger partial charge in [0.25, 0.3) is 0 Å². The summed E-state index contributed by atoms with van der Waals surface area (Å²) in [4.78, 5) is 16.0. The van der Waals surface area contributed by atoms with Crippen LogP contribution in [0.25, 0.3) is 0 Å². The Bertz CT molecular complexity index is 542. The van der Waals surface area contributed by atoms with Gasteiger partial charge in [0, 0.05) is 37.3 Å². The van der Waals surface area contributed by atoms with E-state index >= 15 is 0 Å². The molecule has 0 fully saturated rings. The molecule has 4 nitrogen and oxygen atoms in total. The van der Waals surface area contributed by atoms with E-state index in [0.717, 1.165) is 0 Å². The van der Waals surface area contributed by atoms with Crippen molar-refractivity contribution in [2.24, 2.45) is 10.9 Å². The van der Waals surface area contributed by atoms with Crippen LogP contribution < -0.4 is 0 Å². The third-order valence-electron chi connectivity index (χ3n) is 2.52. The van der Waals surface area contributed by atoms with Crippen LogP contribution in [0, 0.1) is 43.1 Å². The molecule has 1 atom stereocenters. The van der Waals surface area contributed by atoms with Crippen LogP contribution in [0.4, 0.5) is 0 Å². The summed E-state index contributed by atoms with van der Waals surface area (Å²) in [5, 5.41) is 17.4. The molecular weight excluding hydrogens is 488 g/mol. The summed E-state index contributed by atoms with van der Waals surface area (Å²) in [5.41, 5.74) is 0.318. The fourth-order valence-electron chi connectivity index (χ4n) is 1.61. The summed E-state index contributed by atoms with van der Waals surface area (Å²) < 4.78 is 0. The van der Waals surface area contributed by atoms with Crippen molar-refractivity contribution in [3.05, 3.63) is 34.9 Å². The van der Waals surface area contributed by atoms with E-state index in [2.05, 4.69) is 11.1 Å². The number of hydrogen-bond acceptors (Lipinski definition) is 3. The summed E-state index contributed by atoms with van der Waals surface area (Å²) >= 11 is 1.21. The van der Waals surface area contributed by atoms with Gasteiger partial charge >= 0.3 is 5.97 Å². The molecule has 1 aliphatic rings. The smallest absolute Gasteiger partial charge is 0.334 e. The van der Waals surface area contributed by atoms with Gasteiger partial charge in [-0.3, -0.25) is 4.99 Å². The van der Waals surface area contributed by atoms with Gasteiger partial charge in [-0.15, -0.1) is 11.8 Å². The first kappa shape index (κ1) is 16.4. The van der Waals surface area contributed by atoms with Gasteiger partial charge in [-0.1, -0.05) is 13.0 Å². The van der Waals surface area contributed by atoms with E-state index in [9.17, 15) is 9.90 Å². The van der Waals surface area contributed by atoms with Crippen LogP contribution in [0.15, 0.2) is 38.7 Å². The second-order valence-electron chi connectivity index (χ2n) is 4.07. The number of benzene rings is 1. The Kier molecular flexibility index (Phi) is 6.18. The number of thioether (sulfide) groups is 1. The number of carboxylic acids is 1. The van der Waals surface area contributed by atoms with Crippen molar-refractivity contribution in [2.75, 3.05) is 0 Å². The fraction of sp³-hybridized carbons (Fsp3) is 0.231. The van der Waals surface area contributed by atoms with Gasteiger partial charge in [0.15, 0.2) is 5.75 Å². The number of hydrogen-bond donors (Lipinski definition) is 1. The maximum absolute atomic E-state index is 11.2. The number of carbonyl (C=O) groups is 1. The van der Waals surface area contributed by atoms with Crippen LogP contribution >= 0.6 is 11.8 Å². The van der Waals surface area contributed by atoms with Crippen molar-refractivity contribution < 1.29 is 46.1 Å². The normalized spacial score (nSPS) is 18.1. The van der Waals surface area contributed by atoms with Crippen molar-refractivity contribution in [2.45, 2.75) is 18.2 Å². The number of aliphatic imine (C=N–C) groups is 1. The van der Waals surface area contributed by atoms with Crippen LogP contribution in [-0.2, 0) is 4.79 Å². The Labute approximate surface area is 139 Å². The van der Waals surface area contributed by atoms with Crippen LogP contribution in [0.2, 0.25) is 0 Å². The number of carboxylic acid groups (broad SMARTS) is 1. The summed E-state index contributed by atoms with van der Waals surface area (Å²) in [7, 11) is 0. The quantitative estimate of drug-likeness (QED) is 0.511. The minimum Gasteiger partial charge on any atom is -0.610 e. The monoisotopic (exact) mass is 501 g/mol. The van der Waals surface area contributed by atoms with Crippen molar-refractivity contribution in [3.8, 4) is 5.75 Å². The fourth-order valence-corrected chi connectivity index (χ4v) is 2.53. The minimum absolute atomic E-state index is 0. The Balaban J connectivity index is 0.00000180. The van der Waals surface area contributed by atoms with E-state index in [1.807, 2.05) is 6.92 Å². The first-order valence-electron chi connectivity index (χ1n) is 5.48. The van der Waals surface area contributed by atoms with Crippen molar-refractivity contribution in [1.29, 1.82) is 0 Å². The molecule has 19 heavy (non-hydrogen) atoms. The molecule has 0 amide bonds. The van der Waals surface area contributed by atoms with Gasteiger partial charge < -0.3 is 10.2 Å². The second kappa shape index (κ2) is 7.18. The number of aliphatic carboxylic acids is 1. The van der Waals surface area contributed by atoms with Crippen LogP contribution in [-0.4, -0.2) is 22.4 Å². The van der Waals surface area contributed by atoms with E-state index in [1.165, 1.54) is 11.8 Å². The summed E-state index contributed by atoms with van der Waals surface area (Å²) in [6, 6.07) is 7.84. The maximum Gasteiger partial charge on any atom is 0.334 e. The summed E-state index contributed by atoms with van der Waals surface area (Å²) in [6.45, 7) is 1.93. The van der Waals surface area contributed by atoms with E-state index in [1.54, 1.807) is 24.4 Å². The van der Waals surface area contributed by atoms with Crippen molar-refractivity contribution in [3.63, 3.8) is 0 Å². The van der Waals surface area contributed by atoms with E-state index in [4.69, 9.17) is 5.11 Å². The van der Waals surface area contributed by atoms with Gasteiger partial charge in [-0.25, -0.2) is 4.79 Å². The largest absolute Gasteiger partial charge is 0.610 e. The first-order chi connectivity index (χ1) is 8.58. The molecule has 1 aliphatic heterocycles. The average Bonchev–Trinajstić information content (AvgIpc) is 2.34. The molecule has 6 heteroatoms. The zero-order valence-electron chi connectivity index (χ0n) is 10.3. The minimum atomic E-state index is -0.937. The standard InChI is InChI=1S/C13H12NO3S.U/c1-8-6-9(13(16)17)12(14-7-8)18-11-5-3-2-4-10(11)15;/h2,4-5,7-8,15H,6H2,1H3,(H,16,17);/q-1;/p+1. The molecule has 1 aromatic rings. The topological polar surface area (TPSA) is 72.6 Å². The maximum atomic E-state index is 11.2. The number of nitrogens with zero attached hydrogens (tertiary/aromatic N) is 1. The molecule has 0 saturated heterocycles. The third-order valence-corrected chi connectivity index (χ3v) is 3.62. The first-order valence-corrected chi connectivity index (χ1v) is 6.29. The zero-order valence-corrected chi connectivity index (χ0v) is 15.3. The van der Waals surface area contributed by atoms with Crippen molar-refractivity contribution >= 4 is 23.9 Å². The van der Waals surface area contributed by atoms with Crippen LogP contribution in [0.3, 0.4) is 0 Å². The summed E-state index contributed by atoms with van der Waals surface area (Å²) in [6.07, 6.45) is 2.23. The molecule has 98 valence electrons. The van der Waals surface area contributed by atoms with Crippen molar-refractivity contribution in [1.82, 2.24) is 0 Å². The Hall–Kier alpha value is -0.698. The average molecular weight is 501 g/mol. The number of rotatable bonds is 3. The molecule has 1 aromatic carbocycles. The Morgan fingerprint density at radius 3 is 3.00 bits per heavy atom. The molecular formula is C13H13NO3SU. The molecule has 0 radical (unpaired) electrons. The Morgan fingerprint density at radius 2 is 2.37 bits per heavy atom. The van der Waals surface area contributed by atoms with E-state index in [-0.39, 0.29) is 37.0 Å². The zero-order chi connectivity index (χ0) is 13.1. The molecule has 0 spiro atoms. The van der Waals surface area contributed by atoms with Gasteiger partial charge in [0.05, 0.1) is 10.6 Å². The van der Waals surface area contributed by atoms with Gasteiger partial charge in [0.1, 0.15) is 0 Å². The molecule has 0 bridgehead atoms. The molecule has 1 unspecified atom stereocenters. The van der Waals surface area contributed by atoms with Gasteiger partial charge in [-0.05, 0) is 17.2 Å². The molecule has 0 aliphatic carbocycles. The predicted molar refractivity (Wildman–Crippen MR) is 71.1 cm³/mol. The predicted octanol–water partition coefficient (Wildman–Crippen LogP) is 2.42. The van der Waals surface area contributed by atoms with Gasteiger partial charge in [-0.2, -0.15) is 18.2 Å².